The lowest BCUT2D eigenvalue weighted by Crippen LogP contribution is -2.24. The second kappa shape index (κ2) is 7.04. The van der Waals surface area contributed by atoms with Gasteiger partial charge in [0.25, 0.3) is 0 Å². The fourth-order valence-corrected chi connectivity index (χ4v) is 2.09. The predicted molar refractivity (Wildman–Crippen MR) is 81.7 cm³/mol. The summed E-state index contributed by atoms with van der Waals surface area (Å²) >= 11 is 0. The molecule has 1 N–H and O–H groups in total. The summed E-state index contributed by atoms with van der Waals surface area (Å²) in [6.07, 6.45) is -0.346. The Morgan fingerprint density at radius 2 is 1.91 bits per heavy atom. The van der Waals surface area contributed by atoms with Crippen LogP contribution in [0.1, 0.15) is 22.0 Å². The Hall–Kier alpha value is -2.40. The zero-order valence-electron chi connectivity index (χ0n) is 12.5. The van der Waals surface area contributed by atoms with Gasteiger partial charge in [-0.25, -0.2) is 9.18 Å². The van der Waals surface area contributed by atoms with Gasteiger partial charge >= 0.3 is 5.97 Å². The Morgan fingerprint density at radius 1 is 1.23 bits per heavy atom. The zero-order chi connectivity index (χ0) is 16.1. The van der Waals surface area contributed by atoms with Crippen LogP contribution in [0.3, 0.4) is 0 Å². The van der Waals surface area contributed by atoms with Crippen LogP contribution in [0.25, 0.3) is 0 Å². The smallest absolute Gasteiger partial charge is 0.335 e. The lowest BCUT2D eigenvalue weighted by molar-refractivity contribution is 0.0696. The molecule has 0 aliphatic carbocycles. The Kier molecular flexibility index (Phi) is 5.12. The highest BCUT2D eigenvalue weighted by atomic mass is 19.1. The second-order valence-electron chi connectivity index (χ2n) is 5.23. The Labute approximate surface area is 128 Å². The van der Waals surface area contributed by atoms with E-state index in [1.54, 1.807) is 0 Å². The van der Waals surface area contributed by atoms with Gasteiger partial charge in [-0.2, -0.15) is 0 Å². The lowest BCUT2D eigenvalue weighted by Gasteiger charge is -2.23. The SMILES string of the molecule is CN(C)CC(Oc1ccc(C(=O)O)cc1F)c1ccccc1. The van der Waals surface area contributed by atoms with Gasteiger partial charge in [-0.05, 0) is 37.9 Å². The summed E-state index contributed by atoms with van der Waals surface area (Å²) in [4.78, 5) is 12.8. The molecule has 0 aliphatic heterocycles. The fraction of sp³-hybridized carbons (Fsp3) is 0.235. The highest BCUT2D eigenvalue weighted by Gasteiger charge is 2.17. The first-order chi connectivity index (χ1) is 10.5. The Morgan fingerprint density at radius 3 is 2.45 bits per heavy atom. The van der Waals surface area contributed by atoms with E-state index in [1.807, 2.05) is 49.3 Å². The number of carboxylic acids is 1. The van der Waals surface area contributed by atoms with Crippen LogP contribution in [0.2, 0.25) is 0 Å². The van der Waals surface area contributed by atoms with Gasteiger partial charge in [0, 0.05) is 6.54 Å². The van der Waals surface area contributed by atoms with E-state index < -0.39 is 11.8 Å². The maximum Gasteiger partial charge on any atom is 0.335 e. The van der Waals surface area contributed by atoms with Crippen molar-refractivity contribution in [2.24, 2.45) is 0 Å². The van der Waals surface area contributed by atoms with Crippen molar-refractivity contribution >= 4 is 5.97 Å². The molecule has 0 aliphatic rings. The van der Waals surface area contributed by atoms with E-state index in [0.29, 0.717) is 6.54 Å². The number of aromatic carboxylic acids is 1. The molecule has 0 saturated heterocycles. The first-order valence-electron chi connectivity index (χ1n) is 6.86. The van der Waals surface area contributed by atoms with E-state index in [0.717, 1.165) is 11.6 Å². The highest BCUT2D eigenvalue weighted by Crippen LogP contribution is 2.26. The van der Waals surface area contributed by atoms with E-state index in [-0.39, 0.29) is 17.4 Å². The number of rotatable bonds is 6. The van der Waals surface area contributed by atoms with Gasteiger partial charge in [0.15, 0.2) is 11.6 Å². The minimum atomic E-state index is -1.17. The molecule has 2 rings (SSSR count). The van der Waals surface area contributed by atoms with Gasteiger partial charge in [-0.1, -0.05) is 30.3 Å². The maximum atomic E-state index is 14.0. The van der Waals surface area contributed by atoms with E-state index in [4.69, 9.17) is 9.84 Å². The molecule has 116 valence electrons. The highest BCUT2D eigenvalue weighted by molar-refractivity contribution is 5.87. The van der Waals surface area contributed by atoms with Crippen molar-refractivity contribution in [1.82, 2.24) is 4.90 Å². The summed E-state index contributed by atoms with van der Waals surface area (Å²) in [6, 6.07) is 13.2. The molecule has 0 aromatic heterocycles. The van der Waals surface area contributed by atoms with Crippen LogP contribution < -0.4 is 4.74 Å². The van der Waals surface area contributed by atoms with Crippen LogP contribution in [0, 0.1) is 5.82 Å². The van der Waals surface area contributed by atoms with Crippen LogP contribution in [0.15, 0.2) is 48.5 Å². The predicted octanol–water partition coefficient (Wildman–Crippen LogP) is 3.21. The van der Waals surface area contributed by atoms with Gasteiger partial charge in [0.1, 0.15) is 6.10 Å². The first kappa shape index (κ1) is 16.0. The number of halogens is 1. The van der Waals surface area contributed by atoms with Crippen molar-refractivity contribution in [2.45, 2.75) is 6.10 Å². The molecular weight excluding hydrogens is 285 g/mol. The molecule has 0 heterocycles. The lowest BCUT2D eigenvalue weighted by atomic mass is 10.1. The van der Waals surface area contributed by atoms with Crippen molar-refractivity contribution in [3.63, 3.8) is 0 Å². The first-order valence-corrected chi connectivity index (χ1v) is 6.86. The topological polar surface area (TPSA) is 49.8 Å². The van der Waals surface area contributed by atoms with Crippen molar-refractivity contribution < 1.29 is 19.0 Å². The van der Waals surface area contributed by atoms with Gasteiger partial charge in [0.05, 0.1) is 5.56 Å². The summed E-state index contributed by atoms with van der Waals surface area (Å²) in [5, 5.41) is 8.86. The summed E-state index contributed by atoms with van der Waals surface area (Å²) in [6.45, 7) is 0.574. The molecule has 1 atom stereocenters. The van der Waals surface area contributed by atoms with E-state index in [1.165, 1.54) is 12.1 Å². The number of carboxylic acid groups (broad SMARTS) is 1. The van der Waals surface area contributed by atoms with Crippen molar-refractivity contribution in [3.05, 3.63) is 65.5 Å². The molecule has 2 aromatic carbocycles. The van der Waals surface area contributed by atoms with Crippen molar-refractivity contribution in [1.29, 1.82) is 0 Å². The average Bonchev–Trinajstić information content (AvgIpc) is 2.48. The van der Waals surface area contributed by atoms with E-state index >= 15 is 0 Å². The van der Waals surface area contributed by atoms with Gasteiger partial charge in [0.2, 0.25) is 0 Å². The van der Waals surface area contributed by atoms with Gasteiger partial charge < -0.3 is 14.7 Å². The molecule has 0 amide bonds. The quantitative estimate of drug-likeness (QED) is 0.890. The number of hydrogen-bond acceptors (Lipinski definition) is 3. The number of carbonyl (C=O) groups is 1. The largest absolute Gasteiger partial charge is 0.481 e. The summed E-state index contributed by atoms with van der Waals surface area (Å²) in [5.74, 6) is -1.81. The van der Waals surface area contributed by atoms with Crippen molar-refractivity contribution in [3.8, 4) is 5.75 Å². The van der Waals surface area contributed by atoms with Crippen LogP contribution in [-0.4, -0.2) is 36.6 Å². The molecule has 0 radical (unpaired) electrons. The summed E-state index contributed by atoms with van der Waals surface area (Å²) < 4.78 is 19.8. The zero-order valence-corrected chi connectivity index (χ0v) is 12.5. The number of hydrogen-bond donors (Lipinski definition) is 1. The molecule has 22 heavy (non-hydrogen) atoms. The Bertz CT molecular complexity index is 644. The Balaban J connectivity index is 2.25. The van der Waals surface area contributed by atoms with Crippen molar-refractivity contribution in [2.75, 3.05) is 20.6 Å². The maximum absolute atomic E-state index is 14.0. The third-order valence-electron chi connectivity index (χ3n) is 3.15. The summed E-state index contributed by atoms with van der Waals surface area (Å²) in [7, 11) is 3.81. The molecule has 0 bridgehead atoms. The number of likely N-dealkylation sites (N-methyl/N-ethyl adjacent to an activating group) is 1. The molecule has 1 unspecified atom stereocenters. The average molecular weight is 303 g/mol. The molecule has 0 saturated carbocycles. The standard InChI is InChI=1S/C17H18FNO3/c1-19(2)11-16(12-6-4-3-5-7-12)22-15-9-8-13(17(20)21)10-14(15)18/h3-10,16H,11H2,1-2H3,(H,20,21). The van der Waals surface area contributed by atoms with E-state index in [2.05, 4.69) is 0 Å². The van der Waals surface area contributed by atoms with Crippen LogP contribution >= 0.6 is 0 Å². The normalized spacial score (nSPS) is 12.2. The molecule has 4 nitrogen and oxygen atoms in total. The minimum Gasteiger partial charge on any atom is -0.481 e. The third kappa shape index (κ3) is 4.05. The number of benzene rings is 2. The van der Waals surface area contributed by atoms with E-state index in [9.17, 15) is 9.18 Å². The monoisotopic (exact) mass is 303 g/mol. The van der Waals surface area contributed by atoms with Crippen LogP contribution in [0.5, 0.6) is 5.75 Å². The third-order valence-corrected chi connectivity index (χ3v) is 3.15. The second-order valence-corrected chi connectivity index (χ2v) is 5.23. The molecule has 2 aromatic rings. The fourth-order valence-electron chi connectivity index (χ4n) is 2.09. The molecule has 0 fully saturated rings. The number of nitrogens with zero attached hydrogens (tertiary/aromatic N) is 1. The van der Waals surface area contributed by atoms with Crippen LogP contribution in [-0.2, 0) is 0 Å². The number of ether oxygens (including phenoxy) is 1. The molecular formula is C17H18FNO3. The van der Waals surface area contributed by atoms with Gasteiger partial charge in [-0.15, -0.1) is 0 Å². The van der Waals surface area contributed by atoms with Gasteiger partial charge in [-0.3, -0.25) is 0 Å². The van der Waals surface area contributed by atoms with Crippen LogP contribution in [0.4, 0.5) is 4.39 Å². The summed E-state index contributed by atoms with van der Waals surface area (Å²) in [5.41, 5.74) is 0.826. The minimum absolute atomic E-state index is 0.0423. The molecule has 5 heteroatoms. The molecule has 0 spiro atoms.